The summed E-state index contributed by atoms with van der Waals surface area (Å²) >= 11 is 1.38. The normalized spacial score (nSPS) is 10.3. The molecule has 0 unspecified atom stereocenters. The van der Waals surface area contributed by atoms with Crippen LogP contribution in [0.15, 0.2) is 24.3 Å². The fraction of sp³-hybridized carbons (Fsp3) is 0.385. The van der Waals surface area contributed by atoms with E-state index >= 15 is 0 Å². The van der Waals surface area contributed by atoms with Crippen molar-refractivity contribution in [2.24, 2.45) is 0 Å². The van der Waals surface area contributed by atoms with E-state index in [4.69, 9.17) is 4.74 Å². The van der Waals surface area contributed by atoms with Crippen LogP contribution in [0.4, 0.5) is 5.13 Å². The number of aromatic nitrogens is 2. The lowest BCUT2D eigenvalue weighted by molar-refractivity contribution is 0.341. The number of ether oxygens (including phenoxy) is 1. The third-order valence-corrected chi connectivity index (χ3v) is 3.05. The van der Waals surface area contributed by atoms with Gasteiger partial charge in [0.15, 0.2) is 5.82 Å². The Labute approximate surface area is 111 Å². The lowest BCUT2D eigenvalue weighted by Crippen LogP contribution is -1.99. The predicted octanol–water partition coefficient (Wildman–Crippen LogP) is 3.43. The molecule has 0 aliphatic carbocycles. The standard InChI is InChI=1S/C13H17N3OS/c1-3-9-14-13-15-12(16-18-13)10-7-5-6-8-11(10)17-4-2/h5-8H,3-4,9H2,1-2H3,(H,14,15,16). The molecule has 2 aromatic rings. The van der Waals surface area contributed by atoms with Crippen molar-refractivity contribution in [1.29, 1.82) is 0 Å². The first kappa shape index (κ1) is 12.8. The first-order valence-corrected chi connectivity index (χ1v) is 6.92. The molecule has 0 spiro atoms. The number of hydrogen-bond donors (Lipinski definition) is 1. The molecule has 1 aromatic carbocycles. The van der Waals surface area contributed by atoms with Gasteiger partial charge < -0.3 is 10.1 Å². The molecule has 0 atom stereocenters. The van der Waals surface area contributed by atoms with E-state index in [1.165, 1.54) is 11.5 Å². The van der Waals surface area contributed by atoms with Crippen LogP contribution in [0, 0.1) is 0 Å². The lowest BCUT2D eigenvalue weighted by Gasteiger charge is -2.06. The van der Waals surface area contributed by atoms with Gasteiger partial charge in [-0.05, 0) is 25.5 Å². The molecule has 1 heterocycles. The number of para-hydroxylation sites is 1. The highest BCUT2D eigenvalue weighted by molar-refractivity contribution is 7.09. The molecule has 0 bridgehead atoms. The number of rotatable bonds is 6. The van der Waals surface area contributed by atoms with E-state index < -0.39 is 0 Å². The molecular formula is C13H17N3OS. The van der Waals surface area contributed by atoms with Gasteiger partial charge in [-0.2, -0.15) is 9.36 Å². The second-order valence-electron chi connectivity index (χ2n) is 3.78. The van der Waals surface area contributed by atoms with Crippen molar-refractivity contribution in [3.8, 4) is 17.1 Å². The first-order chi connectivity index (χ1) is 8.85. The summed E-state index contributed by atoms with van der Waals surface area (Å²) in [6.45, 7) is 5.66. The van der Waals surface area contributed by atoms with Gasteiger partial charge in [-0.25, -0.2) is 0 Å². The summed E-state index contributed by atoms with van der Waals surface area (Å²) in [7, 11) is 0. The molecular weight excluding hydrogens is 246 g/mol. The summed E-state index contributed by atoms with van der Waals surface area (Å²) in [6, 6.07) is 7.85. The van der Waals surface area contributed by atoms with Gasteiger partial charge in [-0.1, -0.05) is 19.1 Å². The molecule has 96 valence electrons. The third kappa shape index (κ3) is 2.98. The summed E-state index contributed by atoms with van der Waals surface area (Å²) in [4.78, 5) is 4.48. The number of hydrogen-bond acceptors (Lipinski definition) is 5. The topological polar surface area (TPSA) is 47.0 Å². The Balaban J connectivity index is 2.22. The van der Waals surface area contributed by atoms with Crippen LogP contribution in [0.1, 0.15) is 20.3 Å². The molecule has 4 nitrogen and oxygen atoms in total. The van der Waals surface area contributed by atoms with Crippen LogP contribution in [-0.2, 0) is 0 Å². The van der Waals surface area contributed by atoms with Crippen LogP contribution in [0.25, 0.3) is 11.4 Å². The quantitative estimate of drug-likeness (QED) is 0.867. The SMILES string of the molecule is CCCNc1nc(-c2ccccc2OCC)ns1. The van der Waals surface area contributed by atoms with Gasteiger partial charge in [0.1, 0.15) is 5.75 Å². The monoisotopic (exact) mass is 263 g/mol. The molecule has 0 aliphatic heterocycles. The second kappa shape index (κ2) is 6.35. The molecule has 18 heavy (non-hydrogen) atoms. The van der Waals surface area contributed by atoms with Crippen molar-refractivity contribution in [2.45, 2.75) is 20.3 Å². The zero-order chi connectivity index (χ0) is 12.8. The van der Waals surface area contributed by atoms with Crippen molar-refractivity contribution in [2.75, 3.05) is 18.5 Å². The highest BCUT2D eigenvalue weighted by Crippen LogP contribution is 2.29. The van der Waals surface area contributed by atoms with Crippen molar-refractivity contribution in [1.82, 2.24) is 9.36 Å². The van der Waals surface area contributed by atoms with E-state index in [1.807, 2.05) is 31.2 Å². The second-order valence-corrected chi connectivity index (χ2v) is 4.53. The van der Waals surface area contributed by atoms with Gasteiger partial charge in [-0.3, -0.25) is 0 Å². The van der Waals surface area contributed by atoms with Gasteiger partial charge in [0.25, 0.3) is 0 Å². The molecule has 0 saturated heterocycles. The highest BCUT2D eigenvalue weighted by Gasteiger charge is 2.11. The van der Waals surface area contributed by atoms with E-state index in [-0.39, 0.29) is 0 Å². The maximum Gasteiger partial charge on any atom is 0.202 e. The Morgan fingerprint density at radius 2 is 2.11 bits per heavy atom. The van der Waals surface area contributed by atoms with E-state index in [0.717, 1.165) is 35.2 Å². The Morgan fingerprint density at radius 3 is 2.89 bits per heavy atom. The summed E-state index contributed by atoms with van der Waals surface area (Å²) in [6.07, 6.45) is 1.07. The average Bonchev–Trinajstić information content (AvgIpc) is 2.86. The molecule has 0 radical (unpaired) electrons. The van der Waals surface area contributed by atoms with Crippen molar-refractivity contribution in [3.05, 3.63) is 24.3 Å². The van der Waals surface area contributed by atoms with E-state index in [9.17, 15) is 0 Å². The number of anilines is 1. The van der Waals surface area contributed by atoms with Gasteiger partial charge in [0.2, 0.25) is 5.13 Å². The molecule has 0 amide bonds. The van der Waals surface area contributed by atoms with E-state index in [1.54, 1.807) is 0 Å². The molecule has 0 aliphatic rings. The molecule has 0 saturated carbocycles. The Hall–Kier alpha value is -1.62. The fourth-order valence-electron chi connectivity index (χ4n) is 1.57. The van der Waals surface area contributed by atoms with Gasteiger partial charge in [0, 0.05) is 18.1 Å². The Morgan fingerprint density at radius 1 is 1.28 bits per heavy atom. The summed E-state index contributed by atoms with van der Waals surface area (Å²) in [5, 5.41) is 4.10. The van der Waals surface area contributed by atoms with Crippen LogP contribution in [-0.4, -0.2) is 22.5 Å². The number of benzene rings is 1. The molecule has 0 fully saturated rings. The fourth-order valence-corrected chi connectivity index (χ4v) is 2.18. The first-order valence-electron chi connectivity index (χ1n) is 6.15. The number of nitrogens with zero attached hydrogens (tertiary/aromatic N) is 2. The highest BCUT2D eigenvalue weighted by atomic mass is 32.1. The molecule has 2 rings (SSSR count). The Bertz CT molecular complexity index is 498. The van der Waals surface area contributed by atoms with Crippen LogP contribution >= 0.6 is 11.5 Å². The van der Waals surface area contributed by atoms with Crippen LogP contribution in [0.5, 0.6) is 5.75 Å². The third-order valence-electron chi connectivity index (χ3n) is 2.38. The van der Waals surface area contributed by atoms with Crippen molar-refractivity contribution >= 4 is 16.7 Å². The largest absolute Gasteiger partial charge is 0.493 e. The maximum atomic E-state index is 5.59. The van der Waals surface area contributed by atoms with Gasteiger partial charge in [0.05, 0.1) is 12.2 Å². The van der Waals surface area contributed by atoms with Crippen LogP contribution in [0.2, 0.25) is 0 Å². The zero-order valence-electron chi connectivity index (χ0n) is 10.6. The summed E-state index contributed by atoms with van der Waals surface area (Å²) in [5.41, 5.74) is 0.945. The van der Waals surface area contributed by atoms with Crippen LogP contribution < -0.4 is 10.1 Å². The van der Waals surface area contributed by atoms with Crippen molar-refractivity contribution < 1.29 is 4.74 Å². The lowest BCUT2D eigenvalue weighted by atomic mass is 10.2. The summed E-state index contributed by atoms with van der Waals surface area (Å²) in [5.74, 6) is 1.56. The molecule has 1 N–H and O–H groups in total. The predicted molar refractivity (Wildman–Crippen MR) is 75.3 cm³/mol. The number of nitrogens with one attached hydrogen (secondary N) is 1. The van der Waals surface area contributed by atoms with Crippen molar-refractivity contribution in [3.63, 3.8) is 0 Å². The smallest absolute Gasteiger partial charge is 0.202 e. The molecule has 5 heteroatoms. The van der Waals surface area contributed by atoms with E-state index in [2.05, 4.69) is 21.6 Å². The maximum absolute atomic E-state index is 5.59. The minimum Gasteiger partial charge on any atom is -0.493 e. The summed E-state index contributed by atoms with van der Waals surface area (Å²) < 4.78 is 9.96. The van der Waals surface area contributed by atoms with Crippen LogP contribution in [0.3, 0.4) is 0 Å². The zero-order valence-corrected chi connectivity index (χ0v) is 11.5. The minimum atomic E-state index is 0.641. The average molecular weight is 263 g/mol. The van der Waals surface area contributed by atoms with Gasteiger partial charge >= 0.3 is 0 Å². The van der Waals surface area contributed by atoms with Gasteiger partial charge in [-0.15, -0.1) is 0 Å². The van der Waals surface area contributed by atoms with E-state index in [0.29, 0.717) is 6.61 Å². The Kier molecular flexibility index (Phi) is 4.52. The molecule has 1 aromatic heterocycles. The minimum absolute atomic E-state index is 0.641.